The Kier molecular flexibility index (Phi) is 2.82. The van der Waals surface area contributed by atoms with E-state index in [-0.39, 0.29) is 0 Å². The predicted octanol–water partition coefficient (Wildman–Crippen LogP) is 1.00. The Hall–Kier alpha value is -2.08. The second-order valence-corrected chi connectivity index (χ2v) is 2.19. The van der Waals surface area contributed by atoms with E-state index in [1.54, 1.807) is 24.1 Å². The third-order valence-electron chi connectivity index (χ3n) is 1.31. The van der Waals surface area contributed by atoms with Crippen molar-refractivity contribution in [1.29, 1.82) is 0 Å². The normalized spacial score (nSPS) is 8.54. The number of hydrogen-bond acceptors (Lipinski definition) is 3. The van der Waals surface area contributed by atoms with E-state index in [0.717, 1.165) is 0 Å². The molecule has 1 aromatic rings. The molecular weight excluding hydrogens is 168 g/mol. The van der Waals surface area contributed by atoms with Gasteiger partial charge in [0.25, 0.3) is 0 Å². The molecule has 0 aliphatic carbocycles. The van der Waals surface area contributed by atoms with Gasteiger partial charge in [0.2, 0.25) is 0 Å². The molecule has 13 heavy (non-hydrogen) atoms. The van der Waals surface area contributed by atoms with E-state index >= 15 is 0 Å². The van der Waals surface area contributed by atoms with E-state index in [1.165, 1.54) is 12.1 Å². The maximum absolute atomic E-state index is 11.1. The molecule has 0 unspecified atom stereocenters. The van der Waals surface area contributed by atoms with Gasteiger partial charge in [-0.25, -0.2) is 9.59 Å². The Morgan fingerprint density at radius 1 is 1.23 bits per heavy atom. The largest absolute Gasteiger partial charge is 0.391 e. The molecule has 0 aliphatic heterocycles. The summed E-state index contributed by atoms with van der Waals surface area (Å²) in [6.45, 7) is 0. The molecule has 0 N–H and O–H groups in total. The number of rotatable bonds is 1. The lowest BCUT2D eigenvalue weighted by Gasteiger charge is -1.97. The van der Waals surface area contributed by atoms with Crippen LogP contribution < -0.4 is 0 Å². The lowest BCUT2D eigenvalue weighted by molar-refractivity contribution is -0.131. The molecule has 0 radical (unpaired) electrons. The first-order valence-electron chi connectivity index (χ1n) is 3.52. The molecule has 64 valence electrons. The molecule has 0 atom stereocenters. The molecule has 1 aromatic carbocycles. The van der Waals surface area contributed by atoms with Crippen molar-refractivity contribution < 1.29 is 14.3 Å². The van der Waals surface area contributed by atoms with Crippen LogP contribution in [0.1, 0.15) is 10.4 Å². The van der Waals surface area contributed by atoms with E-state index in [4.69, 9.17) is 6.42 Å². The highest BCUT2D eigenvalue weighted by atomic mass is 16.6. The van der Waals surface area contributed by atoms with Crippen molar-refractivity contribution in [3.63, 3.8) is 0 Å². The maximum Gasteiger partial charge on any atom is 0.391 e. The summed E-state index contributed by atoms with van der Waals surface area (Å²) in [6, 6.07) is 8.14. The number of esters is 2. The van der Waals surface area contributed by atoms with Gasteiger partial charge in [-0.1, -0.05) is 18.2 Å². The molecule has 0 aromatic heterocycles. The summed E-state index contributed by atoms with van der Waals surface area (Å²) in [5, 5.41) is 0. The van der Waals surface area contributed by atoms with Gasteiger partial charge in [-0.05, 0) is 12.1 Å². The fourth-order valence-electron chi connectivity index (χ4n) is 0.747. The van der Waals surface area contributed by atoms with Crippen LogP contribution in [-0.2, 0) is 9.53 Å². The zero-order chi connectivity index (χ0) is 9.68. The van der Waals surface area contributed by atoms with Crippen LogP contribution in [-0.4, -0.2) is 11.9 Å². The third kappa shape index (κ3) is 2.46. The average molecular weight is 174 g/mol. The Morgan fingerprint density at radius 2 is 1.85 bits per heavy atom. The Morgan fingerprint density at radius 3 is 2.38 bits per heavy atom. The minimum absolute atomic E-state index is 0.297. The molecule has 0 bridgehead atoms. The number of carbonyl (C=O) groups excluding carboxylic acids is 2. The van der Waals surface area contributed by atoms with Gasteiger partial charge in [-0.15, -0.1) is 6.42 Å². The fraction of sp³-hybridized carbons (Fsp3) is 0. The standard InChI is InChI=1S/C10H6O3/c1-2-9(11)13-10(12)8-6-4-3-5-7-8/h1,3-7H. The summed E-state index contributed by atoms with van der Waals surface area (Å²) >= 11 is 0. The zero-order valence-corrected chi connectivity index (χ0v) is 6.69. The van der Waals surface area contributed by atoms with Gasteiger partial charge in [-0.3, -0.25) is 0 Å². The highest BCUT2D eigenvalue weighted by Crippen LogP contribution is 2.00. The molecular formula is C10H6O3. The van der Waals surface area contributed by atoms with Gasteiger partial charge >= 0.3 is 11.9 Å². The minimum Gasteiger partial charge on any atom is -0.379 e. The highest BCUT2D eigenvalue weighted by Gasteiger charge is 2.09. The summed E-state index contributed by atoms with van der Waals surface area (Å²) in [5.74, 6) is -0.0271. The van der Waals surface area contributed by atoms with Crippen LogP contribution in [0.15, 0.2) is 30.3 Å². The van der Waals surface area contributed by atoms with Crippen molar-refractivity contribution in [3.8, 4) is 12.3 Å². The molecule has 0 heterocycles. The SMILES string of the molecule is C#CC(=O)OC(=O)c1ccccc1. The minimum atomic E-state index is -0.978. The second kappa shape index (κ2) is 4.07. The van der Waals surface area contributed by atoms with Crippen molar-refractivity contribution in [2.75, 3.05) is 0 Å². The zero-order valence-electron chi connectivity index (χ0n) is 6.69. The van der Waals surface area contributed by atoms with E-state index in [2.05, 4.69) is 4.74 Å². The lowest BCUT2D eigenvalue weighted by Crippen LogP contribution is -2.10. The molecule has 0 spiro atoms. The molecule has 1 rings (SSSR count). The quantitative estimate of drug-likeness (QED) is 0.276. The number of terminal acetylenes is 1. The number of benzene rings is 1. The topological polar surface area (TPSA) is 43.4 Å². The van der Waals surface area contributed by atoms with Gasteiger partial charge in [-0.2, -0.15) is 0 Å². The number of hydrogen-bond donors (Lipinski definition) is 0. The van der Waals surface area contributed by atoms with Gasteiger partial charge in [0, 0.05) is 5.92 Å². The van der Waals surface area contributed by atoms with E-state index < -0.39 is 11.9 Å². The van der Waals surface area contributed by atoms with Crippen LogP contribution in [0.4, 0.5) is 0 Å². The van der Waals surface area contributed by atoms with E-state index in [1.807, 2.05) is 0 Å². The first kappa shape index (κ1) is 9.01. The summed E-state index contributed by atoms with van der Waals surface area (Å²) in [7, 11) is 0. The van der Waals surface area contributed by atoms with E-state index in [0.29, 0.717) is 5.56 Å². The number of ether oxygens (including phenoxy) is 1. The van der Waals surface area contributed by atoms with Crippen LogP contribution in [0.2, 0.25) is 0 Å². The van der Waals surface area contributed by atoms with E-state index in [9.17, 15) is 9.59 Å². The first-order valence-corrected chi connectivity index (χ1v) is 3.52. The molecule has 0 amide bonds. The van der Waals surface area contributed by atoms with Gasteiger partial charge in [0.05, 0.1) is 5.56 Å². The summed E-state index contributed by atoms with van der Waals surface area (Å²) in [5.41, 5.74) is 0.297. The number of carbonyl (C=O) groups is 2. The van der Waals surface area contributed by atoms with Gasteiger partial charge < -0.3 is 4.74 Å². The smallest absolute Gasteiger partial charge is 0.379 e. The van der Waals surface area contributed by atoms with Gasteiger partial charge in [0.1, 0.15) is 0 Å². The monoisotopic (exact) mass is 174 g/mol. The summed E-state index contributed by atoms with van der Waals surface area (Å²) in [6.07, 6.45) is 4.72. The lowest BCUT2D eigenvalue weighted by atomic mass is 10.2. The van der Waals surface area contributed by atoms with Gasteiger partial charge in [0.15, 0.2) is 0 Å². The van der Waals surface area contributed by atoms with Crippen LogP contribution in [0.5, 0.6) is 0 Å². The fourth-order valence-corrected chi connectivity index (χ4v) is 0.747. The Labute approximate surface area is 75.3 Å². The van der Waals surface area contributed by atoms with Crippen molar-refractivity contribution in [1.82, 2.24) is 0 Å². The summed E-state index contributed by atoms with van der Waals surface area (Å²) in [4.78, 5) is 21.6. The maximum atomic E-state index is 11.1. The molecule has 3 nitrogen and oxygen atoms in total. The van der Waals surface area contributed by atoms with Crippen molar-refractivity contribution in [2.24, 2.45) is 0 Å². The first-order chi connectivity index (χ1) is 6.24. The summed E-state index contributed by atoms with van der Waals surface area (Å²) < 4.78 is 4.27. The van der Waals surface area contributed by atoms with Crippen LogP contribution in [0.25, 0.3) is 0 Å². The van der Waals surface area contributed by atoms with Crippen LogP contribution >= 0.6 is 0 Å². The van der Waals surface area contributed by atoms with Crippen molar-refractivity contribution in [2.45, 2.75) is 0 Å². The molecule has 0 aliphatic rings. The van der Waals surface area contributed by atoms with Crippen LogP contribution in [0.3, 0.4) is 0 Å². The van der Waals surface area contributed by atoms with Crippen molar-refractivity contribution in [3.05, 3.63) is 35.9 Å². The molecule has 0 fully saturated rings. The average Bonchev–Trinajstić information content (AvgIpc) is 2.19. The second-order valence-electron chi connectivity index (χ2n) is 2.19. The van der Waals surface area contributed by atoms with Crippen LogP contribution in [0, 0.1) is 12.3 Å². The molecule has 3 heteroatoms. The molecule has 0 saturated carbocycles. The molecule has 0 saturated heterocycles. The van der Waals surface area contributed by atoms with Crippen molar-refractivity contribution >= 4 is 11.9 Å². The Balaban J connectivity index is 2.71. The predicted molar refractivity (Wildman–Crippen MR) is 45.7 cm³/mol. The Bertz CT molecular complexity index is 360. The third-order valence-corrected chi connectivity index (χ3v) is 1.31. The highest BCUT2D eigenvalue weighted by molar-refractivity contribution is 6.01.